The summed E-state index contributed by atoms with van der Waals surface area (Å²) in [4.78, 5) is 17.8. The molecule has 0 spiro atoms. The first-order chi connectivity index (χ1) is 13.2. The van der Waals surface area contributed by atoms with Crippen LogP contribution in [0.25, 0.3) is 10.2 Å². The topological polar surface area (TPSA) is 62.1 Å². The van der Waals surface area contributed by atoms with Crippen molar-refractivity contribution in [2.75, 3.05) is 25.9 Å². The third-order valence-corrected chi connectivity index (χ3v) is 5.86. The van der Waals surface area contributed by atoms with E-state index in [-0.39, 0.29) is 12.7 Å². The predicted octanol–water partition coefficient (Wildman–Crippen LogP) is 3.54. The summed E-state index contributed by atoms with van der Waals surface area (Å²) in [6.45, 7) is 0.956. The Balaban J connectivity index is 1.77. The third kappa shape index (κ3) is 3.54. The van der Waals surface area contributed by atoms with Crippen LogP contribution >= 0.6 is 23.1 Å². The van der Waals surface area contributed by atoms with E-state index in [0.717, 1.165) is 28.3 Å². The van der Waals surface area contributed by atoms with Gasteiger partial charge in [0.25, 0.3) is 5.91 Å². The molecule has 0 fully saturated rings. The normalized spacial score (nSPS) is 13.3. The molecule has 0 N–H and O–H groups in total. The Labute approximate surface area is 164 Å². The Bertz CT molecular complexity index is 1070. The number of ether oxygens (including phenoxy) is 3. The van der Waals surface area contributed by atoms with Crippen molar-refractivity contribution in [1.82, 2.24) is 4.57 Å². The number of aryl methyl sites for hydroxylation is 1. The van der Waals surface area contributed by atoms with Gasteiger partial charge in [0.1, 0.15) is 5.75 Å². The van der Waals surface area contributed by atoms with Crippen molar-refractivity contribution in [2.45, 2.75) is 6.54 Å². The van der Waals surface area contributed by atoms with Crippen molar-refractivity contribution in [1.29, 1.82) is 0 Å². The van der Waals surface area contributed by atoms with Crippen molar-refractivity contribution in [3.8, 4) is 17.2 Å². The summed E-state index contributed by atoms with van der Waals surface area (Å²) in [7, 11) is 1.64. The summed E-state index contributed by atoms with van der Waals surface area (Å²) in [5.74, 6) is 2.64. The highest BCUT2D eigenvalue weighted by Gasteiger charge is 2.16. The molecule has 0 saturated carbocycles. The van der Waals surface area contributed by atoms with Crippen molar-refractivity contribution in [2.24, 2.45) is 4.99 Å². The zero-order chi connectivity index (χ0) is 18.8. The number of nitrogens with zero attached hydrogens (tertiary/aromatic N) is 2. The molecule has 8 heteroatoms. The van der Waals surface area contributed by atoms with E-state index in [4.69, 9.17) is 14.2 Å². The molecule has 0 radical (unpaired) electrons. The Morgan fingerprint density at radius 1 is 1.26 bits per heavy atom. The molecule has 0 unspecified atom stereocenters. The second-order valence-corrected chi connectivity index (χ2v) is 7.84. The molecule has 1 aliphatic heterocycles. The zero-order valence-electron chi connectivity index (χ0n) is 14.9. The molecule has 1 aliphatic rings. The van der Waals surface area contributed by atoms with Gasteiger partial charge >= 0.3 is 0 Å². The highest BCUT2D eigenvalue weighted by Crippen LogP contribution is 2.32. The molecule has 0 saturated heterocycles. The molecule has 3 aromatic rings. The first kappa shape index (κ1) is 17.9. The van der Waals surface area contributed by atoms with Crippen LogP contribution in [0.1, 0.15) is 10.4 Å². The van der Waals surface area contributed by atoms with Gasteiger partial charge in [-0.2, -0.15) is 16.8 Å². The summed E-state index contributed by atoms with van der Waals surface area (Å²) in [6.07, 6.45) is 2.06. The number of thioether (sulfide) groups is 1. The van der Waals surface area contributed by atoms with Crippen molar-refractivity contribution >= 4 is 39.2 Å². The molecule has 0 atom stereocenters. The molecule has 1 aromatic heterocycles. The Morgan fingerprint density at radius 2 is 2.11 bits per heavy atom. The molecule has 4 rings (SSSR count). The summed E-state index contributed by atoms with van der Waals surface area (Å²) in [5.41, 5.74) is 1.53. The number of hydrogen-bond acceptors (Lipinski definition) is 6. The van der Waals surface area contributed by atoms with E-state index in [1.54, 1.807) is 37.1 Å². The Morgan fingerprint density at radius 3 is 2.93 bits per heavy atom. The lowest BCUT2D eigenvalue weighted by atomic mass is 10.2. The average molecular weight is 402 g/mol. The van der Waals surface area contributed by atoms with Crippen LogP contribution in [0.4, 0.5) is 0 Å². The highest BCUT2D eigenvalue weighted by atomic mass is 32.2. The van der Waals surface area contributed by atoms with Gasteiger partial charge in [0.2, 0.25) is 6.79 Å². The fraction of sp³-hybridized carbons (Fsp3) is 0.263. The van der Waals surface area contributed by atoms with Crippen LogP contribution < -0.4 is 19.0 Å². The number of amides is 1. The minimum atomic E-state index is -0.301. The summed E-state index contributed by atoms with van der Waals surface area (Å²) >= 11 is 3.24. The minimum absolute atomic E-state index is 0.178. The lowest BCUT2D eigenvalue weighted by Crippen LogP contribution is -2.18. The number of methoxy groups -OCH3 is 1. The summed E-state index contributed by atoms with van der Waals surface area (Å²) < 4.78 is 19.1. The lowest BCUT2D eigenvalue weighted by molar-refractivity contribution is 0.0997. The largest absolute Gasteiger partial charge is 0.497 e. The number of thiazole rings is 1. The predicted molar refractivity (Wildman–Crippen MR) is 107 cm³/mol. The van der Waals surface area contributed by atoms with Gasteiger partial charge in [-0.05, 0) is 42.7 Å². The number of hydrogen-bond donors (Lipinski definition) is 0. The van der Waals surface area contributed by atoms with Crippen LogP contribution in [-0.4, -0.2) is 36.4 Å². The Kier molecular flexibility index (Phi) is 5.09. The van der Waals surface area contributed by atoms with Gasteiger partial charge < -0.3 is 18.8 Å². The second-order valence-electron chi connectivity index (χ2n) is 5.85. The quantitative estimate of drug-likeness (QED) is 0.653. The minimum Gasteiger partial charge on any atom is -0.497 e. The van der Waals surface area contributed by atoms with E-state index in [1.165, 1.54) is 11.3 Å². The van der Waals surface area contributed by atoms with Crippen LogP contribution in [0.3, 0.4) is 0 Å². The van der Waals surface area contributed by atoms with E-state index < -0.39 is 0 Å². The molecule has 0 bridgehead atoms. The number of benzene rings is 2. The van der Waals surface area contributed by atoms with E-state index in [9.17, 15) is 4.79 Å². The molecule has 27 heavy (non-hydrogen) atoms. The van der Waals surface area contributed by atoms with Crippen LogP contribution in [0.15, 0.2) is 41.4 Å². The number of rotatable bonds is 5. The maximum absolute atomic E-state index is 12.7. The highest BCUT2D eigenvalue weighted by molar-refractivity contribution is 7.98. The number of aromatic nitrogens is 1. The van der Waals surface area contributed by atoms with E-state index in [2.05, 4.69) is 15.8 Å². The fourth-order valence-corrected chi connectivity index (χ4v) is 4.29. The van der Waals surface area contributed by atoms with Gasteiger partial charge in [0.05, 0.1) is 17.3 Å². The summed E-state index contributed by atoms with van der Waals surface area (Å²) in [5, 5.41) is 0. The summed E-state index contributed by atoms with van der Waals surface area (Å²) in [6, 6.07) is 11.0. The van der Waals surface area contributed by atoms with Crippen LogP contribution in [0.5, 0.6) is 17.2 Å². The lowest BCUT2D eigenvalue weighted by Gasteiger charge is -2.04. The van der Waals surface area contributed by atoms with Crippen molar-refractivity contribution < 1.29 is 19.0 Å². The average Bonchev–Trinajstić information content (AvgIpc) is 3.29. The molecule has 140 valence electrons. The van der Waals surface area contributed by atoms with Gasteiger partial charge in [-0.3, -0.25) is 4.79 Å². The monoisotopic (exact) mass is 402 g/mol. The number of fused-ring (bicyclic) bond motifs is 2. The number of carbonyl (C=O) groups is 1. The standard InChI is InChI=1S/C19H18N2O4S2/c1-23-13-4-5-14-17(10-13)27-19(21(14)7-8-26-2)20-18(22)12-3-6-15-16(9-12)25-11-24-15/h3-6,9-10H,7-8,11H2,1-2H3. The van der Waals surface area contributed by atoms with Gasteiger partial charge in [-0.25, -0.2) is 0 Å². The van der Waals surface area contributed by atoms with E-state index >= 15 is 0 Å². The van der Waals surface area contributed by atoms with E-state index in [0.29, 0.717) is 21.9 Å². The molecule has 0 aliphatic carbocycles. The smallest absolute Gasteiger partial charge is 0.279 e. The maximum Gasteiger partial charge on any atom is 0.279 e. The van der Waals surface area contributed by atoms with Gasteiger partial charge in [-0.15, -0.1) is 0 Å². The maximum atomic E-state index is 12.7. The van der Waals surface area contributed by atoms with Crippen LogP contribution in [-0.2, 0) is 6.54 Å². The van der Waals surface area contributed by atoms with Gasteiger partial charge in [0, 0.05) is 17.9 Å². The molecular formula is C19H18N2O4S2. The first-order valence-corrected chi connectivity index (χ1v) is 10.6. The molecule has 2 heterocycles. The van der Waals surface area contributed by atoms with Crippen molar-refractivity contribution in [3.63, 3.8) is 0 Å². The van der Waals surface area contributed by atoms with Crippen LogP contribution in [0.2, 0.25) is 0 Å². The van der Waals surface area contributed by atoms with Crippen LogP contribution in [0, 0.1) is 0 Å². The van der Waals surface area contributed by atoms with Gasteiger partial charge in [-0.1, -0.05) is 11.3 Å². The Hall–Kier alpha value is -2.45. The SMILES string of the molecule is COc1ccc2c(c1)sc(=NC(=O)c1ccc3c(c1)OCO3)n2CCSC. The van der Waals surface area contributed by atoms with Crippen molar-refractivity contribution in [3.05, 3.63) is 46.8 Å². The fourth-order valence-electron chi connectivity index (χ4n) is 2.85. The first-order valence-electron chi connectivity index (χ1n) is 8.34. The second kappa shape index (κ2) is 7.66. The third-order valence-electron chi connectivity index (χ3n) is 4.23. The zero-order valence-corrected chi connectivity index (χ0v) is 16.6. The molecule has 2 aromatic carbocycles. The molecular weight excluding hydrogens is 384 g/mol. The van der Waals surface area contributed by atoms with E-state index in [1.807, 2.05) is 18.2 Å². The number of carbonyl (C=O) groups excluding carboxylic acids is 1. The van der Waals surface area contributed by atoms with Gasteiger partial charge in [0.15, 0.2) is 16.3 Å². The molecule has 1 amide bonds. The molecule has 6 nitrogen and oxygen atoms in total.